The van der Waals surface area contributed by atoms with Crippen LogP contribution in [0.1, 0.15) is 36.7 Å². The molecular formula is C20H21F2N3. The van der Waals surface area contributed by atoms with E-state index in [1.165, 1.54) is 16.7 Å². The van der Waals surface area contributed by atoms with Crippen molar-refractivity contribution >= 4 is 5.65 Å². The van der Waals surface area contributed by atoms with Crippen molar-refractivity contribution in [3.05, 3.63) is 53.5 Å². The van der Waals surface area contributed by atoms with Gasteiger partial charge >= 0.3 is 0 Å². The Morgan fingerprint density at radius 1 is 1.24 bits per heavy atom. The van der Waals surface area contributed by atoms with Crippen molar-refractivity contribution in [2.24, 2.45) is 5.92 Å². The van der Waals surface area contributed by atoms with E-state index in [0.29, 0.717) is 11.5 Å². The maximum absolute atomic E-state index is 13.2. The van der Waals surface area contributed by atoms with Crippen LogP contribution in [0.25, 0.3) is 16.8 Å². The number of alkyl halides is 2. The highest BCUT2D eigenvalue weighted by atomic mass is 19.3. The van der Waals surface area contributed by atoms with E-state index in [2.05, 4.69) is 42.2 Å². The Labute approximate surface area is 145 Å². The van der Waals surface area contributed by atoms with Crippen molar-refractivity contribution in [2.75, 3.05) is 0 Å². The van der Waals surface area contributed by atoms with Gasteiger partial charge in [-0.05, 0) is 47.7 Å². The summed E-state index contributed by atoms with van der Waals surface area (Å²) in [7, 11) is 0. The Morgan fingerprint density at radius 2 is 2.04 bits per heavy atom. The molecule has 4 rings (SSSR count). The third-order valence-corrected chi connectivity index (χ3v) is 5.14. The van der Waals surface area contributed by atoms with Crippen molar-refractivity contribution in [3.63, 3.8) is 0 Å². The first-order valence-corrected chi connectivity index (χ1v) is 8.80. The van der Waals surface area contributed by atoms with E-state index in [4.69, 9.17) is 0 Å². The maximum atomic E-state index is 13.2. The van der Waals surface area contributed by atoms with Crippen LogP contribution in [-0.4, -0.2) is 20.5 Å². The molecule has 1 saturated carbocycles. The molecule has 1 fully saturated rings. The second-order valence-corrected chi connectivity index (χ2v) is 6.97. The van der Waals surface area contributed by atoms with Gasteiger partial charge in [0.1, 0.15) is 5.82 Å². The average Bonchev–Trinajstić information content (AvgIpc) is 3.00. The van der Waals surface area contributed by atoms with Gasteiger partial charge in [0.05, 0.1) is 0 Å². The zero-order valence-corrected chi connectivity index (χ0v) is 14.5. The number of benzene rings is 1. The van der Waals surface area contributed by atoms with Gasteiger partial charge in [0.2, 0.25) is 0 Å². The second kappa shape index (κ2) is 5.90. The molecule has 0 aliphatic heterocycles. The van der Waals surface area contributed by atoms with Gasteiger partial charge < -0.3 is 0 Å². The molecule has 0 saturated heterocycles. The molecule has 2 aromatic heterocycles. The molecule has 0 radical (unpaired) electrons. The SMILES string of the molecule is CCCc1cccc(-c2ccn3c(CC4CC4(F)F)nnc3c2)c1C. The minimum Gasteiger partial charge on any atom is -0.286 e. The second-order valence-electron chi connectivity index (χ2n) is 6.97. The molecule has 0 spiro atoms. The molecule has 1 aromatic carbocycles. The van der Waals surface area contributed by atoms with E-state index in [9.17, 15) is 8.78 Å². The Balaban J connectivity index is 1.68. The summed E-state index contributed by atoms with van der Waals surface area (Å²) in [4.78, 5) is 0. The van der Waals surface area contributed by atoms with Crippen LogP contribution in [0.5, 0.6) is 0 Å². The molecular weight excluding hydrogens is 320 g/mol. The molecule has 1 unspecified atom stereocenters. The Morgan fingerprint density at radius 3 is 2.76 bits per heavy atom. The van der Waals surface area contributed by atoms with Crippen LogP contribution in [0, 0.1) is 12.8 Å². The van der Waals surface area contributed by atoms with Crippen LogP contribution >= 0.6 is 0 Å². The number of pyridine rings is 1. The van der Waals surface area contributed by atoms with Crippen molar-refractivity contribution in [1.29, 1.82) is 0 Å². The fraction of sp³-hybridized carbons (Fsp3) is 0.400. The fourth-order valence-corrected chi connectivity index (χ4v) is 3.49. The Bertz CT molecular complexity index is 930. The van der Waals surface area contributed by atoms with E-state index in [-0.39, 0.29) is 12.8 Å². The summed E-state index contributed by atoms with van der Waals surface area (Å²) in [6, 6.07) is 10.4. The summed E-state index contributed by atoms with van der Waals surface area (Å²) < 4.78 is 28.1. The van der Waals surface area contributed by atoms with Crippen molar-refractivity contribution in [1.82, 2.24) is 14.6 Å². The number of aryl methyl sites for hydroxylation is 1. The van der Waals surface area contributed by atoms with Crippen LogP contribution in [-0.2, 0) is 12.8 Å². The summed E-state index contributed by atoms with van der Waals surface area (Å²) in [5.41, 5.74) is 5.62. The number of nitrogens with zero attached hydrogens (tertiary/aromatic N) is 3. The minimum absolute atomic E-state index is 0.0383. The first-order chi connectivity index (χ1) is 12.0. The topological polar surface area (TPSA) is 30.2 Å². The van der Waals surface area contributed by atoms with Crippen LogP contribution in [0.4, 0.5) is 8.78 Å². The maximum Gasteiger partial charge on any atom is 0.252 e. The summed E-state index contributed by atoms with van der Waals surface area (Å²) >= 11 is 0. The summed E-state index contributed by atoms with van der Waals surface area (Å²) in [6.45, 7) is 4.33. The normalized spacial score (nSPS) is 18.6. The largest absolute Gasteiger partial charge is 0.286 e. The van der Waals surface area contributed by atoms with Gasteiger partial charge in [0, 0.05) is 25.0 Å². The quantitative estimate of drug-likeness (QED) is 0.664. The van der Waals surface area contributed by atoms with Gasteiger partial charge in [-0.15, -0.1) is 10.2 Å². The lowest BCUT2D eigenvalue weighted by atomic mass is 9.95. The Hall–Kier alpha value is -2.30. The average molecular weight is 341 g/mol. The highest BCUT2D eigenvalue weighted by Gasteiger charge is 2.56. The zero-order chi connectivity index (χ0) is 17.6. The summed E-state index contributed by atoms with van der Waals surface area (Å²) in [6.07, 6.45) is 4.31. The van der Waals surface area contributed by atoms with Gasteiger partial charge in [0.15, 0.2) is 5.65 Å². The molecule has 1 atom stereocenters. The van der Waals surface area contributed by atoms with E-state index >= 15 is 0 Å². The monoisotopic (exact) mass is 341 g/mol. The predicted molar refractivity (Wildman–Crippen MR) is 93.9 cm³/mol. The zero-order valence-electron chi connectivity index (χ0n) is 14.5. The minimum atomic E-state index is -2.53. The standard InChI is InChI=1S/C20H21F2N3/c1-3-5-14-6-4-7-17(13(14)2)15-8-9-25-18(10-15)23-24-19(25)11-16-12-20(16,21)22/h4,6-10,16H,3,5,11-12H2,1-2H3. The lowest BCUT2D eigenvalue weighted by molar-refractivity contribution is 0.0984. The summed E-state index contributed by atoms with van der Waals surface area (Å²) in [5.74, 6) is -2.50. The Kier molecular flexibility index (Phi) is 3.82. The fourth-order valence-electron chi connectivity index (χ4n) is 3.49. The number of aromatic nitrogens is 3. The molecule has 1 aliphatic rings. The molecule has 0 amide bonds. The third-order valence-electron chi connectivity index (χ3n) is 5.14. The molecule has 0 bridgehead atoms. The molecule has 3 aromatic rings. The van der Waals surface area contributed by atoms with Crippen molar-refractivity contribution in [2.45, 2.75) is 45.5 Å². The number of fused-ring (bicyclic) bond motifs is 1. The summed E-state index contributed by atoms with van der Waals surface area (Å²) in [5, 5.41) is 8.31. The van der Waals surface area contributed by atoms with Gasteiger partial charge in [-0.2, -0.15) is 0 Å². The van der Waals surface area contributed by atoms with Crippen LogP contribution in [0.15, 0.2) is 36.5 Å². The molecule has 130 valence electrons. The third kappa shape index (κ3) is 2.92. The van der Waals surface area contributed by atoms with Gasteiger partial charge in [-0.25, -0.2) is 8.78 Å². The molecule has 5 heteroatoms. The van der Waals surface area contributed by atoms with Crippen molar-refractivity contribution in [3.8, 4) is 11.1 Å². The molecule has 3 nitrogen and oxygen atoms in total. The highest BCUT2D eigenvalue weighted by Crippen LogP contribution is 2.50. The first kappa shape index (κ1) is 16.2. The lowest BCUT2D eigenvalue weighted by Crippen LogP contribution is -2.02. The van der Waals surface area contributed by atoms with E-state index in [1.54, 1.807) is 0 Å². The van der Waals surface area contributed by atoms with Gasteiger partial charge in [-0.3, -0.25) is 4.40 Å². The van der Waals surface area contributed by atoms with Crippen molar-refractivity contribution < 1.29 is 8.78 Å². The van der Waals surface area contributed by atoms with Crippen LogP contribution < -0.4 is 0 Å². The van der Waals surface area contributed by atoms with E-state index < -0.39 is 11.8 Å². The highest BCUT2D eigenvalue weighted by molar-refractivity contribution is 5.71. The number of rotatable bonds is 5. The lowest BCUT2D eigenvalue weighted by Gasteiger charge is -2.11. The molecule has 0 N–H and O–H groups in total. The molecule has 1 aliphatic carbocycles. The molecule has 25 heavy (non-hydrogen) atoms. The predicted octanol–water partition coefficient (Wildman–Crippen LogP) is 4.85. The number of hydrogen-bond donors (Lipinski definition) is 0. The molecule has 2 heterocycles. The first-order valence-electron chi connectivity index (χ1n) is 8.80. The van der Waals surface area contributed by atoms with Gasteiger partial charge in [-0.1, -0.05) is 31.5 Å². The number of hydrogen-bond acceptors (Lipinski definition) is 2. The van der Waals surface area contributed by atoms with Gasteiger partial charge in [0.25, 0.3) is 5.92 Å². The number of halogens is 2. The van der Waals surface area contributed by atoms with E-state index in [0.717, 1.165) is 18.4 Å². The van der Waals surface area contributed by atoms with Crippen LogP contribution in [0.2, 0.25) is 0 Å². The smallest absolute Gasteiger partial charge is 0.252 e. The van der Waals surface area contributed by atoms with E-state index in [1.807, 2.05) is 22.7 Å². The van der Waals surface area contributed by atoms with Crippen LogP contribution in [0.3, 0.4) is 0 Å².